The van der Waals surface area contributed by atoms with Crippen molar-refractivity contribution in [2.75, 3.05) is 0 Å². The average Bonchev–Trinajstić information content (AvgIpc) is 3.17. The molecule has 0 unspecified atom stereocenters. The molecule has 7 heteroatoms. The van der Waals surface area contributed by atoms with Gasteiger partial charge < -0.3 is 15.6 Å². The van der Waals surface area contributed by atoms with E-state index < -0.39 is 11.4 Å². The lowest BCUT2D eigenvalue weighted by molar-refractivity contribution is 0.0890. The highest BCUT2D eigenvalue weighted by molar-refractivity contribution is 5.97. The van der Waals surface area contributed by atoms with E-state index in [9.17, 15) is 9.59 Å². The molecule has 0 spiro atoms. The Labute approximate surface area is 133 Å². The van der Waals surface area contributed by atoms with Crippen molar-refractivity contribution in [3.05, 3.63) is 47.1 Å². The van der Waals surface area contributed by atoms with E-state index in [0.29, 0.717) is 22.8 Å². The van der Waals surface area contributed by atoms with Crippen LogP contribution in [0.5, 0.6) is 0 Å². The maximum atomic E-state index is 12.6. The number of rotatable bonds is 4. The van der Waals surface area contributed by atoms with Crippen LogP contribution in [0.4, 0.5) is 0 Å². The minimum atomic E-state index is -0.586. The Balaban J connectivity index is 1.83. The summed E-state index contributed by atoms with van der Waals surface area (Å²) in [6.07, 6.45) is 3.54. The quantitative estimate of drug-likeness (QED) is 0.891. The number of nitrogens with one attached hydrogen (secondary N) is 1. The van der Waals surface area contributed by atoms with Gasteiger partial charge in [0.15, 0.2) is 5.82 Å². The van der Waals surface area contributed by atoms with Crippen LogP contribution in [0.25, 0.3) is 0 Å². The van der Waals surface area contributed by atoms with Gasteiger partial charge in [-0.25, -0.2) is 0 Å². The summed E-state index contributed by atoms with van der Waals surface area (Å²) in [6.45, 7) is 1.73. The SMILES string of the molecule is Cc1nc(C2(NC(=O)c3ccc(C(N)=O)cc3)CCCC2)no1. The smallest absolute Gasteiger partial charge is 0.252 e. The van der Waals surface area contributed by atoms with Crippen LogP contribution in [0.15, 0.2) is 28.8 Å². The number of carbonyl (C=O) groups excluding carboxylic acids is 2. The molecule has 0 radical (unpaired) electrons. The molecule has 1 saturated carbocycles. The molecular weight excluding hydrogens is 296 g/mol. The van der Waals surface area contributed by atoms with Crippen LogP contribution in [0, 0.1) is 6.92 Å². The van der Waals surface area contributed by atoms with Crippen molar-refractivity contribution in [3.63, 3.8) is 0 Å². The number of hydrogen-bond acceptors (Lipinski definition) is 5. The number of primary amides is 1. The van der Waals surface area contributed by atoms with Gasteiger partial charge >= 0.3 is 0 Å². The first kappa shape index (κ1) is 15.2. The van der Waals surface area contributed by atoms with Crippen LogP contribution >= 0.6 is 0 Å². The van der Waals surface area contributed by atoms with Crippen molar-refractivity contribution in [2.45, 2.75) is 38.1 Å². The molecule has 1 aliphatic rings. The first-order valence-corrected chi connectivity index (χ1v) is 7.53. The van der Waals surface area contributed by atoms with Gasteiger partial charge in [-0.05, 0) is 37.1 Å². The normalized spacial score (nSPS) is 16.2. The first-order chi connectivity index (χ1) is 11.0. The van der Waals surface area contributed by atoms with Gasteiger partial charge in [-0.1, -0.05) is 18.0 Å². The van der Waals surface area contributed by atoms with E-state index >= 15 is 0 Å². The van der Waals surface area contributed by atoms with Crippen molar-refractivity contribution in [2.24, 2.45) is 5.73 Å². The van der Waals surface area contributed by atoms with Crippen molar-refractivity contribution in [1.29, 1.82) is 0 Å². The van der Waals surface area contributed by atoms with Crippen LogP contribution in [0.1, 0.15) is 58.1 Å². The van der Waals surface area contributed by atoms with Crippen molar-refractivity contribution < 1.29 is 14.1 Å². The third kappa shape index (κ3) is 2.94. The topological polar surface area (TPSA) is 111 Å². The third-order valence-electron chi connectivity index (χ3n) is 4.20. The summed E-state index contributed by atoms with van der Waals surface area (Å²) in [5.41, 5.74) is 5.45. The number of amides is 2. The molecule has 1 heterocycles. The summed E-state index contributed by atoms with van der Waals surface area (Å²) in [7, 11) is 0. The number of nitrogens with two attached hydrogens (primary N) is 1. The molecule has 0 atom stereocenters. The predicted octanol–water partition coefficient (Wildman–Crippen LogP) is 1.68. The zero-order valence-electron chi connectivity index (χ0n) is 12.8. The Morgan fingerprint density at radius 1 is 1.17 bits per heavy atom. The fourth-order valence-corrected chi connectivity index (χ4v) is 2.95. The molecule has 2 aromatic rings. The molecule has 0 aliphatic heterocycles. The zero-order chi connectivity index (χ0) is 16.4. The molecular formula is C16H18N4O3. The zero-order valence-corrected chi connectivity index (χ0v) is 12.8. The van der Waals surface area contributed by atoms with E-state index in [-0.39, 0.29) is 5.91 Å². The molecule has 23 heavy (non-hydrogen) atoms. The van der Waals surface area contributed by atoms with Crippen LogP contribution in [-0.4, -0.2) is 22.0 Å². The maximum Gasteiger partial charge on any atom is 0.252 e. The number of hydrogen-bond donors (Lipinski definition) is 2. The molecule has 1 aromatic carbocycles. The second-order valence-corrected chi connectivity index (χ2v) is 5.82. The number of benzene rings is 1. The number of aromatic nitrogens is 2. The second-order valence-electron chi connectivity index (χ2n) is 5.82. The van der Waals surface area contributed by atoms with Gasteiger partial charge in [0.05, 0.1) is 0 Å². The number of carbonyl (C=O) groups is 2. The minimum absolute atomic E-state index is 0.231. The van der Waals surface area contributed by atoms with Crippen LogP contribution in [0.3, 0.4) is 0 Å². The van der Waals surface area contributed by atoms with Gasteiger partial charge in [0.25, 0.3) is 5.91 Å². The van der Waals surface area contributed by atoms with Crippen molar-refractivity contribution >= 4 is 11.8 Å². The summed E-state index contributed by atoms with van der Waals surface area (Å²) >= 11 is 0. The van der Waals surface area contributed by atoms with Crippen LogP contribution in [-0.2, 0) is 5.54 Å². The molecule has 1 fully saturated rings. The van der Waals surface area contributed by atoms with Gasteiger partial charge in [-0.2, -0.15) is 4.98 Å². The van der Waals surface area contributed by atoms with E-state index in [0.717, 1.165) is 25.7 Å². The standard InChI is InChI=1S/C16H18N4O3/c1-10-18-15(20-23-10)16(8-2-3-9-16)19-14(22)12-6-4-11(5-7-12)13(17)21/h4-7H,2-3,8-9H2,1H3,(H2,17,21)(H,19,22). The molecule has 3 rings (SSSR count). The molecule has 0 bridgehead atoms. The Hall–Kier alpha value is -2.70. The van der Waals surface area contributed by atoms with Gasteiger partial charge in [0, 0.05) is 18.1 Å². The summed E-state index contributed by atoms with van der Waals surface area (Å²) in [5.74, 6) is 0.248. The van der Waals surface area contributed by atoms with E-state index in [4.69, 9.17) is 10.3 Å². The highest BCUT2D eigenvalue weighted by Crippen LogP contribution is 2.37. The van der Waals surface area contributed by atoms with Crippen LogP contribution < -0.4 is 11.1 Å². The Bertz CT molecular complexity index is 730. The maximum absolute atomic E-state index is 12.6. The second kappa shape index (κ2) is 5.83. The Morgan fingerprint density at radius 3 is 2.30 bits per heavy atom. The molecule has 120 valence electrons. The average molecular weight is 314 g/mol. The lowest BCUT2D eigenvalue weighted by Gasteiger charge is -2.26. The van der Waals surface area contributed by atoms with Crippen LogP contribution in [0.2, 0.25) is 0 Å². The molecule has 1 aliphatic carbocycles. The van der Waals surface area contributed by atoms with Crippen molar-refractivity contribution in [3.8, 4) is 0 Å². The van der Waals surface area contributed by atoms with E-state index in [1.54, 1.807) is 19.1 Å². The molecule has 7 nitrogen and oxygen atoms in total. The third-order valence-corrected chi connectivity index (χ3v) is 4.20. The van der Waals surface area contributed by atoms with Gasteiger partial charge in [0.2, 0.25) is 11.8 Å². The molecule has 0 saturated heterocycles. The Morgan fingerprint density at radius 2 is 1.78 bits per heavy atom. The summed E-state index contributed by atoms with van der Waals surface area (Å²) in [5, 5.41) is 7.04. The number of nitrogens with zero attached hydrogens (tertiary/aromatic N) is 2. The highest BCUT2D eigenvalue weighted by atomic mass is 16.5. The predicted molar refractivity (Wildman–Crippen MR) is 81.6 cm³/mol. The van der Waals surface area contributed by atoms with E-state index in [1.807, 2.05) is 0 Å². The Kier molecular flexibility index (Phi) is 3.85. The molecule has 1 aromatic heterocycles. The monoisotopic (exact) mass is 314 g/mol. The van der Waals surface area contributed by atoms with Gasteiger partial charge in [0.1, 0.15) is 5.54 Å². The molecule has 3 N–H and O–H groups in total. The van der Waals surface area contributed by atoms with Gasteiger partial charge in [-0.3, -0.25) is 9.59 Å². The lowest BCUT2D eigenvalue weighted by Crippen LogP contribution is -2.44. The lowest BCUT2D eigenvalue weighted by atomic mass is 9.95. The summed E-state index contributed by atoms with van der Waals surface area (Å²) in [4.78, 5) is 27.9. The van der Waals surface area contributed by atoms with Crippen molar-refractivity contribution in [1.82, 2.24) is 15.5 Å². The summed E-state index contributed by atoms with van der Waals surface area (Å²) < 4.78 is 5.07. The van der Waals surface area contributed by atoms with Gasteiger partial charge in [-0.15, -0.1) is 0 Å². The minimum Gasteiger partial charge on any atom is -0.366 e. The summed E-state index contributed by atoms with van der Waals surface area (Å²) in [6, 6.07) is 6.24. The van der Waals surface area contributed by atoms with E-state index in [1.165, 1.54) is 12.1 Å². The number of aryl methyl sites for hydroxylation is 1. The first-order valence-electron chi connectivity index (χ1n) is 7.53. The fourth-order valence-electron chi connectivity index (χ4n) is 2.95. The molecule has 2 amide bonds. The van der Waals surface area contributed by atoms with E-state index in [2.05, 4.69) is 15.5 Å². The largest absolute Gasteiger partial charge is 0.366 e. The highest BCUT2D eigenvalue weighted by Gasteiger charge is 2.41. The fraction of sp³-hybridized carbons (Fsp3) is 0.375.